The number of hydrogen-bond acceptors (Lipinski definition) is 9. The molecule has 42 heavy (non-hydrogen) atoms. The standard InChI is InChI=1S/C25H29F3N8O3.CH2O2/c1-2-16-13-17(3-4-18(16)24(38)31-7-12-39-11-5-29)33-22-23-32-14-20(36(23)8-6-30-22)19-15-35(9-10-37)34-21(19)25(26,27)28;2-1-3/h3-4,6,8,13-15,37H,2,5,7,9-12,29H2,1H3,(H,30,33)(H,31,38);1H,(H,2,3). The van der Waals surface area contributed by atoms with Crippen LogP contribution < -0.4 is 16.4 Å². The van der Waals surface area contributed by atoms with E-state index in [9.17, 15) is 18.0 Å². The van der Waals surface area contributed by atoms with Crippen molar-refractivity contribution in [1.82, 2.24) is 29.5 Å². The van der Waals surface area contributed by atoms with E-state index in [-0.39, 0.29) is 36.8 Å². The fraction of sp³-hybridized carbons (Fsp3) is 0.346. The first-order valence-corrected chi connectivity index (χ1v) is 12.8. The number of alkyl halides is 3. The highest BCUT2D eigenvalue weighted by Gasteiger charge is 2.38. The number of nitrogens with two attached hydrogens (primary N) is 1. The fourth-order valence-corrected chi connectivity index (χ4v) is 4.08. The largest absolute Gasteiger partial charge is 0.483 e. The van der Waals surface area contributed by atoms with Crippen LogP contribution in [0.15, 0.2) is 43.0 Å². The minimum absolute atomic E-state index is 0.0793. The number of aliphatic hydroxyl groups is 1. The predicted octanol–water partition coefficient (Wildman–Crippen LogP) is 2.32. The molecule has 0 spiro atoms. The molecule has 0 saturated heterocycles. The highest BCUT2D eigenvalue weighted by molar-refractivity contribution is 5.96. The number of aliphatic hydroxyl groups excluding tert-OH is 1. The molecule has 3 heterocycles. The monoisotopic (exact) mass is 592 g/mol. The molecule has 6 N–H and O–H groups in total. The molecule has 0 fully saturated rings. The van der Waals surface area contributed by atoms with Crippen LogP contribution in [0.2, 0.25) is 0 Å². The van der Waals surface area contributed by atoms with E-state index < -0.39 is 11.9 Å². The lowest BCUT2D eigenvalue weighted by atomic mass is 10.0. The van der Waals surface area contributed by atoms with E-state index in [0.29, 0.717) is 55.4 Å². The molecule has 0 aliphatic heterocycles. The molecular formula is C26H31F3N8O5. The Labute approximate surface area is 238 Å². The van der Waals surface area contributed by atoms with Crippen LogP contribution in [0.1, 0.15) is 28.5 Å². The number of nitrogens with one attached hydrogen (secondary N) is 2. The lowest BCUT2D eigenvalue weighted by Gasteiger charge is -2.13. The molecule has 3 aromatic heterocycles. The number of rotatable bonds is 12. The maximum atomic E-state index is 13.7. The van der Waals surface area contributed by atoms with Gasteiger partial charge < -0.3 is 31.3 Å². The number of aryl methyl sites for hydroxylation is 1. The van der Waals surface area contributed by atoms with E-state index in [4.69, 9.17) is 25.5 Å². The Hall–Kier alpha value is -4.54. The van der Waals surface area contributed by atoms with Crippen molar-refractivity contribution in [3.8, 4) is 11.3 Å². The molecule has 1 amide bonds. The van der Waals surface area contributed by atoms with E-state index in [1.54, 1.807) is 12.1 Å². The molecule has 0 unspecified atom stereocenters. The molecule has 0 aliphatic carbocycles. The van der Waals surface area contributed by atoms with Crippen LogP contribution >= 0.6 is 0 Å². The van der Waals surface area contributed by atoms with Gasteiger partial charge in [-0.3, -0.25) is 18.7 Å². The Morgan fingerprint density at radius 1 is 1.24 bits per heavy atom. The number of nitrogens with zero attached hydrogens (tertiary/aromatic N) is 5. The molecule has 16 heteroatoms. The summed E-state index contributed by atoms with van der Waals surface area (Å²) in [5.41, 5.74) is 6.56. The van der Waals surface area contributed by atoms with E-state index in [0.717, 1.165) is 10.2 Å². The summed E-state index contributed by atoms with van der Waals surface area (Å²) >= 11 is 0. The lowest BCUT2D eigenvalue weighted by molar-refractivity contribution is -0.141. The Balaban J connectivity index is 0.00000155. The number of carbonyl (C=O) groups excluding carboxylic acids is 1. The number of ether oxygens (including phenoxy) is 1. The Kier molecular flexibility index (Phi) is 11.3. The van der Waals surface area contributed by atoms with Crippen molar-refractivity contribution in [1.29, 1.82) is 0 Å². The van der Waals surface area contributed by atoms with Crippen molar-refractivity contribution in [3.63, 3.8) is 0 Å². The van der Waals surface area contributed by atoms with Crippen LogP contribution in [-0.2, 0) is 28.7 Å². The van der Waals surface area contributed by atoms with Gasteiger partial charge in [0.15, 0.2) is 17.2 Å². The molecule has 1 aromatic carbocycles. The minimum atomic E-state index is -4.70. The molecular weight excluding hydrogens is 561 g/mol. The van der Waals surface area contributed by atoms with Crippen molar-refractivity contribution >= 4 is 29.5 Å². The van der Waals surface area contributed by atoms with Crippen molar-refractivity contribution in [2.45, 2.75) is 26.1 Å². The van der Waals surface area contributed by atoms with Gasteiger partial charge in [0.2, 0.25) is 0 Å². The molecule has 0 radical (unpaired) electrons. The van der Waals surface area contributed by atoms with Gasteiger partial charge in [-0.25, -0.2) is 9.97 Å². The second-order valence-electron chi connectivity index (χ2n) is 8.60. The molecule has 4 aromatic rings. The van der Waals surface area contributed by atoms with Crippen molar-refractivity contribution < 1.29 is 37.7 Å². The van der Waals surface area contributed by atoms with E-state index in [1.807, 2.05) is 13.0 Å². The number of carboxylic acid groups (broad SMARTS) is 1. The highest BCUT2D eigenvalue weighted by atomic mass is 19.4. The maximum absolute atomic E-state index is 13.7. The molecule has 0 bridgehead atoms. The molecule has 13 nitrogen and oxygen atoms in total. The van der Waals surface area contributed by atoms with Gasteiger partial charge >= 0.3 is 6.18 Å². The quantitative estimate of drug-likeness (QED) is 0.121. The SMILES string of the molecule is CCc1cc(Nc2nccn3c(-c4cn(CCO)nc4C(F)(F)F)cnc23)ccc1C(=O)NCCOCCN.O=CO. The number of hydrogen-bond donors (Lipinski definition) is 5. The number of aromatic nitrogens is 5. The molecule has 4 rings (SSSR count). The Bertz CT molecular complexity index is 1490. The number of benzene rings is 1. The third-order valence-electron chi connectivity index (χ3n) is 5.85. The van der Waals surface area contributed by atoms with E-state index >= 15 is 0 Å². The van der Waals surface area contributed by atoms with Gasteiger partial charge in [-0.15, -0.1) is 0 Å². The number of fused-ring (bicyclic) bond motifs is 1. The number of amides is 1. The zero-order valence-corrected chi connectivity index (χ0v) is 22.6. The first-order valence-electron chi connectivity index (χ1n) is 12.8. The van der Waals surface area contributed by atoms with Crippen molar-refractivity contribution in [2.75, 3.05) is 38.2 Å². The van der Waals surface area contributed by atoms with Gasteiger partial charge in [-0.2, -0.15) is 18.3 Å². The van der Waals surface area contributed by atoms with E-state index in [1.165, 1.54) is 29.2 Å². The number of halogens is 3. The molecule has 0 atom stereocenters. The first-order chi connectivity index (χ1) is 20.2. The zero-order chi connectivity index (χ0) is 30.7. The average Bonchev–Trinajstić information content (AvgIpc) is 3.58. The van der Waals surface area contributed by atoms with Gasteiger partial charge in [0.25, 0.3) is 12.4 Å². The summed E-state index contributed by atoms with van der Waals surface area (Å²) in [5, 5.41) is 25.6. The number of carbonyl (C=O) groups is 2. The fourth-order valence-electron chi connectivity index (χ4n) is 4.08. The third kappa shape index (κ3) is 7.80. The van der Waals surface area contributed by atoms with Gasteiger partial charge in [-0.1, -0.05) is 6.92 Å². The molecule has 0 saturated carbocycles. The number of imidazole rings is 1. The summed E-state index contributed by atoms with van der Waals surface area (Å²) < 4.78 is 48.9. The summed E-state index contributed by atoms with van der Waals surface area (Å²) in [5.74, 6) is 0.0893. The van der Waals surface area contributed by atoms with Crippen LogP contribution in [-0.4, -0.2) is 79.7 Å². The van der Waals surface area contributed by atoms with Crippen molar-refractivity contribution in [3.05, 3.63) is 59.8 Å². The Morgan fingerprint density at radius 2 is 2.00 bits per heavy atom. The summed E-state index contributed by atoms with van der Waals surface area (Å²) in [7, 11) is 0. The van der Waals surface area contributed by atoms with Gasteiger partial charge in [-0.05, 0) is 30.2 Å². The summed E-state index contributed by atoms with van der Waals surface area (Å²) in [6.45, 7) is 2.79. The Morgan fingerprint density at radius 3 is 2.67 bits per heavy atom. The van der Waals surface area contributed by atoms with Gasteiger partial charge in [0.05, 0.1) is 43.8 Å². The summed E-state index contributed by atoms with van der Waals surface area (Å²) in [6.07, 6.45) is 1.40. The summed E-state index contributed by atoms with van der Waals surface area (Å²) in [4.78, 5) is 29.6. The predicted molar refractivity (Wildman–Crippen MR) is 146 cm³/mol. The van der Waals surface area contributed by atoms with Crippen molar-refractivity contribution in [2.24, 2.45) is 5.73 Å². The molecule has 0 aliphatic rings. The first kappa shape index (κ1) is 32.0. The van der Waals surface area contributed by atoms with Crippen LogP contribution in [0, 0.1) is 0 Å². The van der Waals surface area contributed by atoms with Gasteiger partial charge in [0.1, 0.15) is 0 Å². The molecule has 226 valence electrons. The van der Waals surface area contributed by atoms with E-state index in [2.05, 4.69) is 25.7 Å². The van der Waals surface area contributed by atoms with Crippen LogP contribution in [0.3, 0.4) is 0 Å². The van der Waals surface area contributed by atoms with Crippen LogP contribution in [0.4, 0.5) is 24.7 Å². The second-order valence-corrected chi connectivity index (χ2v) is 8.60. The maximum Gasteiger partial charge on any atom is 0.435 e. The average molecular weight is 593 g/mol. The summed E-state index contributed by atoms with van der Waals surface area (Å²) in [6, 6.07) is 5.23. The number of anilines is 2. The topological polar surface area (TPSA) is 182 Å². The van der Waals surface area contributed by atoms with Crippen LogP contribution in [0.5, 0.6) is 0 Å². The third-order valence-corrected chi connectivity index (χ3v) is 5.85. The van der Waals surface area contributed by atoms with Crippen LogP contribution in [0.25, 0.3) is 16.9 Å². The highest BCUT2D eigenvalue weighted by Crippen LogP contribution is 2.37. The minimum Gasteiger partial charge on any atom is -0.483 e. The second kappa shape index (κ2) is 14.9. The van der Waals surface area contributed by atoms with Gasteiger partial charge in [0, 0.05) is 42.9 Å². The smallest absolute Gasteiger partial charge is 0.435 e. The lowest BCUT2D eigenvalue weighted by Crippen LogP contribution is -2.28. The zero-order valence-electron chi connectivity index (χ0n) is 22.6. The normalized spacial score (nSPS) is 11.2.